The van der Waals surface area contributed by atoms with Gasteiger partial charge in [0.2, 0.25) is 5.91 Å². The van der Waals surface area contributed by atoms with Crippen LogP contribution in [0, 0.1) is 23.2 Å². The van der Waals surface area contributed by atoms with E-state index in [9.17, 15) is 19.2 Å². The van der Waals surface area contributed by atoms with E-state index in [1.54, 1.807) is 24.3 Å². The van der Waals surface area contributed by atoms with Crippen molar-refractivity contribution in [2.75, 3.05) is 25.0 Å². The van der Waals surface area contributed by atoms with E-state index in [0.717, 1.165) is 37.0 Å². The number of amides is 3. The minimum absolute atomic E-state index is 0.111. The predicted octanol–water partition coefficient (Wildman–Crippen LogP) is 2.64. The molecular formula is C25H33N3O5. The Morgan fingerprint density at radius 3 is 2.27 bits per heavy atom. The highest BCUT2D eigenvalue weighted by molar-refractivity contribution is 5.97. The Balaban J connectivity index is 1.17. The summed E-state index contributed by atoms with van der Waals surface area (Å²) < 4.78 is 4.99. The molecule has 4 aliphatic carbocycles. The molecule has 0 atom stereocenters. The molecule has 178 valence electrons. The first-order valence-corrected chi connectivity index (χ1v) is 11.9. The molecule has 8 nitrogen and oxygen atoms in total. The van der Waals surface area contributed by atoms with E-state index in [1.165, 1.54) is 19.3 Å². The summed E-state index contributed by atoms with van der Waals surface area (Å²) in [5.41, 5.74) is 0.975. The van der Waals surface area contributed by atoms with Crippen LogP contribution >= 0.6 is 0 Å². The topological polar surface area (TPSA) is 114 Å². The Kier molecular flexibility index (Phi) is 7.00. The maximum Gasteiger partial charge on any atom is 0.325 e. The molecule has 8 heteroatoms. The fourth-order valence-electron chi connectivity index (χ4n) is 6.48. The fourth-order valence-corrected chi connectivity index (χ4v) is 6.48. The van der Waals surface area contributed by atoms with Crippen molar-refractivity contribution >= 4 is 29.4 Å². The molecule has 0 aromatic heterocycles. The molecule has 1 aromatic carbocycles. The van der Waals surface area contributed by atoms with Gasteiger partial charge in [0.05, 0.1) is 0 Å². The first-order valence-electron chi connectivity index (χ1n) is 11.9. The van der Waals surface area contributed by atoms with Crippen LogP contribution in [0.2, 0.25) is 0 Å². The van der Waals surface area contributed by atoms with E-state index < -0.39 is 18.5 Å². The van der Waals surface area contributed by atoms with E-state index >= 15 is 0 Å². The first kappa shape index (κ1) is 23.3. The summed E-state index contributed by atoms with van der Waals surface area (Å²) in [5.74, 6) is 0.805. The molecule has 5 rings (SSSR count). The Hall–Kier alpha value is -2.90. The van der Waals surface area contributed by atoms with Crippen molar-refractivity contribution in [3.05, 3.63) is 29.8 Å². The van der Waals surface area contributed by atoms with Gasteiger partial charge in [0.15, 0.2) is 6.61 Å². The normalized spacial score (nSPS) is 27.0. The number of rotatable bonds is 9. The molecule has 0 spiro atoms. The van der Waals surface area contributed by atoms with Crippen molar-refractivity contribution in [2.24, 2.45) is 23.2 Å². The van der Waals surface area contributed by atoms with Crippen LogP contribution < -0.4 is 16.0 Å². The molecule has 4 aliphatic rings. The fraction of sp³-hybridized carbons (Fsp3) is 0.600. The summed E-state index contributed by atoms with van der Waals surface area (Å²) in [5, 5.41) is 7.97. The largest absolute Gasteiger partial charge is 0.454 e. The van der Waals surface area contributed by atoms with Gasteiger partial charge in [-0.3, -0.25) is 19.2 Å². The number of anilines is 1. The van der Waals surface area contributed by atoms with Crippen molar-refractivity contribution in [3.8, 4) is 0 Å². The molecular weight excluding hydrogens is 422 g/mol. The Morgan fingerprint density at radius 1 is 0.970 bits per heavy atom. The van der Waals surface area contributed by atoms with Gasteiger partial charge in [0.1, 0.15) is 6.54 Å². The van der Waals surface area contributed by atoms with Gasteiger partial charge in [-0.1, -0.05) is 6.07 Å². The minimum Gasteiger partial charge on any atom is -0.454 e. The second-order valence-corrected chi connectivity index (χ2v) is 10.0. The highest BCUT2D eigenvalue weighted by atomic mass is 16.5. The Morgan fingerprint density at radius 2 is 1.64 bits per heavy atom. The summed E-state index contributed by atoms with van der Waals surface area (Å²) in [6, 6.07) is 6.50. The molecule has 0 aliphatic heterocycles. The van der Waals surface area contributed by atoms with Gasteiger partial charge in [-0.2, -0.15) is 0 Å². The van der Waals surface area contributed by atoms with E-state index in [-0.39, 0.29) is 23.8 Å². The van der Waals surface area contributed by atoms with Gasteiger partial charge in [0.25, 0.3) is 11.8 Å². The van der Waals surface area contributed by atoms with Crippen LogP contribution in [0.25, 0.3) is 0 Å². The lowest BCUT2D eigenvalue weighted by Crippen LogP contribution is -2.48. The predicted molar refractivity (Wildman–Crippen MR) is 122 cm³/mol. The molecule has 4 saturated carbocycles. The van der Waals surface area contributed by atoms with Gasteiger partial charge in [-0.05, 0) is 86.8 Å². The van der Waals surface area contributed by atoms with Crippen LogP contribution in [0.4, 0.5) is 5.69 Å². The van der Waals surface area contributed by atoms with Crippen LogP contribution in [0.3, 0.4) is 0 Å². The maximum atomic E-state index is 12.5. The number of hydrogen-bond acceptors (Lipinski definition) is 5. The second-order valence-electron chi connectivity index (χ2n) is 10.0. The van der Waals surface area contributed by atoms with Gasteiger partial charge >= 0.3 is 5.97 Å². The monoisotopic (exact) mass is 455 g/mol. The number of esters is 1. The second kappa shape index (κ2) is 9.93. The summed E-state index contributed by atoms with van der Waals surface area (Å²) in [7, 11) is 0. The molecule has 33 heavy (non-hydrogen) atoms. The standard InChI is InChI=1S/C25H33N3O5/c1-2-26-24(32)19-4-3-5-20(9-19)28-22(30)15-33-23(31)14-27-21(29)13-25-10-16-6-17(11-25)8-18(7-16)12-25/h3-5,9,16-18H,2,6-8,10-15H2,1H3,(H,26,32)(H,27,29)(H,28,30). The van der Waals surface area contributed by atoms with Crippen molar-refractivity contribution < 1.29 is 23.9 Å². The highest BCUT2D eigenvalue weighted by Crippen LogP contribution is 2.61. The SMILES string of the molecule is CCNC(=O)c1cccc(NC(=O)COC(=O)CNC(=O)CC23CC4CC(CC(C4)C2)C3)c1. The highest BCUT2D eigenvalue weighted by Gasteiger charge is 2.51. The minimum atomic E-state index is -0.653. The molecule has 1 aromatic rings. The average molecular weight is 456 g/mol. The number of benzene rings is 1. The Bertz CT molecular complexity index is 893. The molecule has 4 bridgehead atoms. The van der Waals surface area contributed by atoms with Crippen molar-refractivity contribution in [2.45, 2.75) is 51.9 Å². The number of carbonyl (C=O) groups is 4. The van der Waals surface area contributed by atoms with Crippen molar-refractivity contribution in [1.29, 1.82) is 0 Å². The molecule has 3 N–H and O–H groups in total. The summed E-state index contributed by atoms with van der Waals surface area (Å²) >= 11 is 0. The lowest BCUT2D eigenvalue weighted by molar-refractivity contribution is -0.147. The average Bonchev–Trinajstić information content (AvgIpc) is 2.75. The summed E-state index contributed by atoms with van der Waals surface area (Å²) in [6.07, 6.45) is 7.86. The van der Waals surface area contributed by atoms with Crippen LogP contribution in [0.1, 0.15) is 62.2 Å². The van der Waals surface area contributed by atoms with Crippen molar-refractivity contribution in [1.82, 2.24) is 10.6 Å². The van der Waals surface area contributed by atoms with Crippen LogP contribution in [0.15, 0.2) is 24.3 Å². The van der Waals surface area contributed by atoms with Crippen LogP contribution in [-0.4, -0.2) is 43.4 Å². The van der Waals surface area contributed by atoms with Gasteiger partial charge in [-0.15, -0.1) is 0 Å². The van der Waals surface area contributed by atoms with E-state index in [0.29, 0.717) is 24.2 Å². The number of ether oxygens (including phenoxy) is 1. The number of carbonyl (C=O) groups excluding carboxylic acids is 4. The lowest BCUT2D eigenvalue weighted by atomic mass is 9.49. The van der Waals surface area contributed by atoms with Gasteiger partial charge < -0.3 is 20.7 Å². The number of hydrogen-bond donors (Lipinski definition) is 3. The van der Waals surface area contributed by atoms with Crippen LogP contribution in [0.5, 0.6) is 0 Å². The molecule has 0 radical (unpaired) electrons. The lowest BCUT2D eigenvalue weighted by Gasteiger charge is -2.56. The van der Waals surface area contributed by atoms with Crippen LogP contribution in [-0.2, 0) is 19.1 Å². The molecule has 0 saturated heterocycles. The zero-order valence-corrected chi connectivity index (χ0v) is 19.2. The summed E-state index contributed by atoms with van der Waals surface area (Å²) in [4.78, 5) is 48.5. The zero-order valence-electron chi connectivity index (χ0n) is 19.2. The number of nitrogens with one attached hydrogen (secondary N) is 3. The third-order valence-corrected chi connectivity index (χ3v) is 7.24. The molecule has 0 heterocycles. The molecule has 3 amide bonds. The smallest absolute Gasteiger partial charge is 0.325 e. The maximum absolute atomic E-state index is 12.5. The first-order chi connectivity index (χ1) is 15.8. The van der Waals surface area contributed by atoms with Gasteiger partial charge in [0, 0.05) is 24.2 Å². The zero-order chi connectivity index (χ0) is 23.4. The van der Waals surface area contributed by atoms with E-state index in [4.69, 9.17) is 4.74 Å². The quantitative estimate of drug-likeness (QED) is 0.496. The van der Waals surface area contributed by atoms with E-state index in [1.807, 2.05) is 6.92 Å². The third-order valence-electron chi connectivity index (χ3n) is 7.24. The van der Waals surface area contributed by atoms with E-state index in [2.05, 4.69) is 16.0 Å². The Labute approximate surface area is 194 Å². The molecule has 0 unspecified atom stereocenters. The van der Waals surface area contributed by atoms with Crippen molar-refractivity contribution in [3.63, 3.8) is 0 Å². The molecule has 4 fully saturated rings. The summed E-state index contributed by atoms with van der Waals surface area (Å²) in [6.45, 7) is 1.62. The third kappa shape index (κ3) is 5.92. The van der Waals surface area contributed by atoms with Gasteiger partial charge in [-0.25, -0.2) is 0 Å².